The zero-order chi connectivity index (χ0) is 27.8. The third kappa shape index (κ3) is 4.86. The van der Waals surface area contributed by atoms with Crippen LogP contribution in [0.3, 0.4) is 0 Å². The molecule has 4 aromatic rings. The predicted molar refractivity (Wildman–Crippen MR) is 144 cm³/mol. The molecule has 1 aliphatic rings. The molecule has 0 amide bonds. The zero-order valence-corrected chi connectivity index (χ0v) is 23.1. The number of benzene rings is 3. The number of ether oxygens (including phenoxy) is 2. The van der Waals surface area contributed by atoms with Crippen molar-refractivity contribution in [3.63, 3.8) is 0 Å². The van der Waals surface area contributed by atoms with Crippen LogP contribution in [0.15, 0.2) is 75.1 Å². The van der Waals surface area contributed by atoms with Crippen molar-refractivity contribution < 1.29 is 30.9 Å². The second kappa shape index (κ2) is 10.4. The minimum atomic E-state index is -4.69. The summed E-state index contributed by atoms with van der Waals surface area (Å²) in [5, 5.41) is 7.97. The van der Waals surface area contributed by atoms with Crippen LogP contribution in [0.5, 0.6) is 11.5 Å². The summed E-state index contributed by atoms with van der Waals surface area (Å²) in [6.07, 6.45) is 0. The Labute approximate surface area is 226 Å². The molecular formula is C25H27N5O7S2. The summed E-state index contributed by atoms with van der Waals surface area (Å²) >= 11 is 0. The van der Waals surface area contributed by atoms with Crippen molar-refractivity contribution in [1.82, 2.24) is 15.2 Å². The van der Waals surface area contributed by atoms with Crippen molar-refractivity contribution in [2.45, 2.75) is 9.79 Å². The highest BCUT2D eigenvalue weighted by Gasteiger charge is 2.39. The molecule has 14 heteroatoms. The fraction of sp³-hybridized carbons (Fsp3) is 0.280. The van der Waals surface area contributed by atoms with Gasteiger partial charge in [0.15, 0.2) is 11.0 Å². The molecule has 0 atom stereocenters. The van der Waals surface area contributed by atoms with E-state index in [9.17, 15) is 16.8 Å². The average Bonchev–Trinajstić information content (AvgIpc) is 3.44. The van der Waals surface area contributed by atoms with Crippen molar-refractivity contribution in [1.29, 1.82) is 0 Å². The Morgan fingerprint density at radius 2 is 1.21 bits per heavy atom. The van der Waals surface area contributed by atoms with Crippen LogP contribution in [0, 0.1) is 0 Å². The van der Waals surface area contributed by atoms with E-state index in [2.05, 4.69) is 20.1 Å². The number of nitrogens with zero attached hydrogens (tertiary/aromatic N) is 5. The van der Waals surface area contributed by atoms with Gasteiger partial charge in [0.1, 0.15) is 17.2 Å². The van der Waals surface area contributed by atoms with Crippen LogP contribution in [0.25, 0.3) is 11.0 Å². The lowest BCUT2D eigenvalue weighted by Crippen LogP contribution is -2.44. The normalized spacial score (nSPS) is 14.9. The number of anilines is 2. The quantitative estimate of drug-likeness (QED) is 0.308. The van der Waals surface area contributed by atoms with Gasteiger partial charge in [-0.1, -0.05) is 0 Å². The molecule has 0 unspecified atom stereocenters. The number of fused-ring (bicyclic) bond motifs is 1. The first-order valence-electron chi connectivity index (χ1n) is 11.9. The first-order chi connectivity index (χ1) is 18.7. The summed E-state index contributed by atoms with van der Waals surface area (Å²) < 4.78 is 71.9. The van der Waals surface area contributed by atoms with E-state index >= 15 is 0 Å². The lowest BCUT2D eigenvalue weighted by atomic mass is 10.2. The fourth-order valence-electron chi connectivity index (χ4n) is 4.37. The zero-order valence-electron chi connectivity index (χ0n) is 21.5. The summed E-state index contributed by atoms with van der Waals surface area (Å²) in [5.41, 5.74) is 0.722. The van der Waals surface area contributed by atoms with Crippen LogP contribution in [0.1, 0.15) is 0 Å². The van der Waals surface area contributed by atoms with E-state index in [4.69, 9.17) is 14.1 Å². The van der Waals surface area contributed by atoms with Gasteiger partial charge in [-0.25, -0.2) is 21.5 Å². The van der Waals surface area contributed by atoms with Gasteiger partial charge in [-0.2, -0.15) is 3.71 Å². The number of rotatable bonds is 8. The van der Waals surface area contributed by atoms with Crippen LogP contribution in [0.4, 0.5) is 11.4 Å². The summed E-state index contributed by atoms with van der Waals surface area (Å²) in [7, 11) is -4.46. The van der Waals surface area contributed by atoms with E-state index in [1.807, 2.05) is 7.05 Å². The Balaban J connectivity index is 1.70. The maximum atomic E-state index is 14.1. The molecule has 0 spiro atoms. The molecule has 12 nitrogen and oxygen atoms in total. The average molecular weight is 574 g/mol. The molecular weight excluding hydrogens is 546 g/mol. The minimum absolute atomic E-state index is 0.000557. The molecule has 0 N–H and O–H groups in total. The summed E-state index contributed by atoms with van der Waals surface area (Å²) in [4.78, 5) is 3.76. The second-order valence-electron chi connectivity index (χ2n) is 8.91. The van der Waals surface area contributed by atoms with Crippen molar-refractivity contribution in [3.05, 3.63) is 60.7 Å². The van der Waals surface area contributed by atoms with E-state index in [0.29, 0.717) is 34.0 Å². The van der Waals surface area contributed by atoms with E-state index in [1.54, 1.807) is 6.07 Å². The molecule has 39 heavy (non-hydrogen) atoms. The third-order valence-electron chi connectivity index (χ3n) is 6.56. The SMILES string of the molecule is COc1ccc(S(=O)(=O)N(c2ccc(N3CCN(C)CC3)c3nonc23)S(=O)(=O)c2ccc(OC)cc2)cc1. The molecule has 0 saturated carbocycles. The van der Waals surface area contributed by atoms with Crippen molar-refractivity contribution in [2.24, 2.45) is 0 Å². The van der Waals surface area contributed by atoms with E-state index in [0.717, 1.165) is 13.1 Å². The largest absolute Gasteiger partial charge is 0.497 e. The number of piperazine rings is 1. The second-order valence-corrected chi connectivity index (χ2v) is 12.7. The first-order valence-corrected chi connectivity index (χ1v) is 14.8. The number of hydrogen-bond acceptors (Lipinski definition) is 11. The number of aromatic nitrogens is 2. The molecule has 1 aliphatic heterocycles. The van der Waals surface area contributed by atoms with Crippen molar-refractivity contribution in [2.75, 3.05) is 56.1 Å². The highest BCUT2D eigenvalue weighted by atomic mass is 32.3. The Morgan fingerprint density at radius 3 is 1.69 bits per heavy atom. The molecule has 3 aromatic carbocycles. The summed E-state index contributed by atoms with van der Waals surface area (Å²) in [6, 6.07) is 13.9. The predicted octanol–water partition coefficient (Wildman–Crippen LogP) is 2.58. The van der Waals surface area contributed by atoms with Gasteiger partial charge in [0, 0.05) is 26.2 Å². The highest BCUT2D eigenvalue weighted by Crippen LogP contribution is 2.38. The van der Waals surface area contributed by atoms with E-state index < -0.39 is 20.0 Å². The molecule has 1 aromatic heterocycles. The lowest BCUT2D eigenvalue weighted by molar-refractivity contribution is 0.310. The molecule has 2 heterocycles. The number of likely N-dealkylation sites (N-methyl/N-ethyl adjacent to an activating group) is 1. The Morgan fingerprint density at radius 1 is 0.718 bits per heavy atom. The molecule has 0 aliphatic carbocycles. The highest BCUT2D eigenvalue weighted by molar-refractivity contribution is 8.10. The van der Waals surface area contributed by atoms with Gasteiger partial charge in [-0.15, -0.1) is 0 Å². The number of hydrogen-bond donors (Lipinski definition) is 0. The van der Waals surface area contributed by atoms with E-state index in [-0.39, 0.29) is 26.5 Å². The molecule has 0 bridgehead atoms. The maximum Gasteiger partial charge on any atom is 0.277 e. The van der Waals surface area contributed by atoms with Gasteiger partial charge < -0.3 is 19.3 Å². The molecule has 0 radical (unpaired) electrons. The Bertz CT molecular complexity index is 1600. The number of sulfonamides is 2. The van der Waals surface area contributed by atoms with Gasteiger partial charge >= 0.3 is 0 Å². The van der Waals surface area contributed by atoms with Gasteiger partial charge in [0.25, 0.3) is 20.0 Å². The standard InChI is InChI=1S/C25H27N5O7S2/c1-28-14-16-29(17-15-28)22-12-13-23(25-24(22)26-37-27-25)30(38(31,32)20-8-4-18(35-2)5-9-20)39(33,34)21-10-6-19(36-3)7-11-21/h4-13H,14-17H2,1-3H3. The molecule has 206 valence electrons. The van der Waals surface area contributed by atoms with E-state index in [1.165, 1.54) is 68.8 Å². The summed E-state index contributed by atoms with van der Waals surface area (Å²) in [5.74, 6) is 0.830. The summed E-state index contributed by atoms with van der Waals surface area (Å²) in [6.45, 7) is 3.04. The third-order valence-corrected chi connectivity index (χ3v) is 10.7. The molecule has 5 rings (SSSR count). The fourth-order valence-corrected chi connectivity index (χ4v) is 8.07. The molecule has 1 saturated heterocycles. The van der Waals surface area contributed by atoms with Crippen LogP contribution in [-0.2, 0) is 20.0 Å². The van der Waals surface area contributed by atoms with Crippen LogP contribution < -0.4 is 18.1 Å². The monoisotopic (exact) mass is 573 g/mol. The maximum absolute atomic E-state index is 14.1. The topological polar surface area (TPSA) is 135 Å². The Hall–Kier alpha value is -3.88. The van der Waals surface area contributed by atoms with Gasteiger partial charge in [0.05, 0.1) is 29.7 Å². The number of methoxy groups -OCH3 is 2. The first kappa shape index (κ1) is 26.7. The van der Waals surface area contributed by atoms with Crippen LogP contribution in [0.2, 0.25) is 0 Å². The lowest BCUT2D eigenvalue weighted by Gasteiger charge is -2.34. The van der Waals surface area contributed by atoms with Gasteiger partial charge in [0.2, 0.25) is 0 Å². The van der Waals surface area contributed by atoms with Crippen molar-refractivity contribution in [3.8, 4) is 11.5 Å². The Kier molecular flexibility index (Phi) is 7.09. The van der Waals surface area contributed by atoms with Crippen LogP contribution >= 0.6 is 0 Å². The van der Waals surface area contributed by atoms with Gasteiger partial charge in [-0.3, -0.25) is 0 Å². The minimum Gasteiger partial charge on any atom is -0.497 e. The van der Waals surface area contributed by atoms with Gasteiger partial charge in [-0.05, 0) is 78.0 Å². The van der Waals surface area contributed by atoms with Crippen LogP contribution in [-0.4, -0.2) is 79.5 Å². The molecule has 1 fully saturated rings. The smallest absolute Gasteiger partial charge is 0.277 e. The van der Waals surface area contributed by atoms with Crippen molar-refractivity contribution >= 4 is 42.5 Å².